The highest BCUT2D eigenvalue weighted by Gasteiger charge is 2.55. The van der Waals surface area contributed by atoms with Crippen LogP contribution in [0.15, 0.2) is 23.1 Å². The number of carbonyl (C=O) groups excluding carboxylic acids is 2. The van der Waals surface area contributed by atoms with Gasteiger partial charge in [0.2, 0.25) is 5.91 Å². The van der Waals surface area contributed by atoms with Crippen LogP contribution < -0.4 is 14.9 Å². The highest BCUT2D eigenvalue weighted by Crippen LogP contribution is 2.60. The van der Waals surface area contributed by atoms with Crippen molar-refractivity contribution >= 4 is 46.2 Å². The third-order valence-electron chi connectivity index (χ3n) is 7.23. The first-order valence-corrected chi connectivity index (χ1v) is 12.2. The van der Waals surface area contributed by atoms with Gasteiger partial charge in [-0.1, -0.05) is 17.8 Å². The monoisotopic (exact) mass is 494 g/mol. The van der Waals surface area contributed by atoms with Crippen molar-refractivity contribution in [3.63, 3.8) is 0 Å². The van der Waals surface area contributed by atoms with Crippen LogP contribution in [0.5, 0.6) is 11.5 Å². The second kappa shape index (κ2) is 8.54. The van der Waals surface area contributed by atoms with Crippen LogP contribution in [0, 0.1) is 23.2 Å². The number of thiocarbonyl (C=S) groups is 1. The predicted molar refractivity (Wildman–Crippen MR) is 123 cm³/mol. The van der Waals surface area contributed by atoms with Crippen molar-refractivity contribution in [1.29, 1.82) is 0 Å². The van der Waals surface area contributed by atoms with Crippen molar-refractivity contribution in [2.24, 2.45) is 23.2 Å². The average Bonchev–Trinajstić information content (AvgIpc) is 3.00. The fraction of sp³-hybridized carbons (Fsp3) is 0.522. The van der Waals surface area contributed by atoms with Gasteiger partial charge in [0, 0.05) is 0 Å². The molecule has 176 valence electrons. The van der Waals surface area contributed by atoms with Crippen molar-refractivity contribution < 1.29 is 27.8 Å². The van der Waals surface area contributed by atoms with Gasteiger partial charge in [0.1, 0.15) is 0 Å². The summed E-state index contributed by atoms with van der Waals surface area (Å²) >= 11 is 6.46. The molecule has 4 bridgehead atoms. The number of hydrogen-bond donors (Lipinski definition) is 1. The number of ether oxygens (including phenoxy) is 2. The summed E-state index contributed by atoms with van der Waals surface area (Å²) < 4.78 is 34.9. The third-order valence-corrected chi connectivity index (χ3v) is 8.53. The Bertz CT molecular complexity index is 1010. The number of amides is 2. The maximum absolute atomic E-state index is 13.3. The molecule has 4 saturated carbocycles. The van der Waals surface area contributed by atoms with E-state index in [1.165, 1.54) is 38.5 Å². The summed E-state index contributed by atoms with van der Waals surface area (Å²) in [5, 5.41) is 1.16. The Hall–Kier alpha value is -2.20. The Morgan fingerprint density at radius 2 is 1.85 bits per heavy atom. The number of halogens is 2. The van der Waals surface area contributed by atoms with Gasteiger partial charge in [0.15, 0.2) is 15.8 Å². The van der Waals surface area contributed by atoms with Crippen LogP contribution in [0.1, 0.15) is 44.1 Å². The Morgan fingerprint density at radius 1 is 1.21 bits per heavy atom. The second-order valence-electron chi connectivity index (χ2n) is 9.44. The molecule has 0 radical (unpaired) electrons. The lowest BCUT2D eigenvalue weighted by molar-refractivity contribution is -0.152. The number of alkyl halides is 2. The molecule has 33 heavy (non-hydrogen) atoms. The second-order valence-corrected chi connectivity index (χ2v) is 11.1. The first-order valence-electron chi connectivity index (χ1n) is 11.0. The standard InChI is InChI=1S/C23H24F2N2O4S2/c1-30-17-7-12(2-3-16(17)31-21(24)25)8-18-19(28)27(22(32)33-18)26-20(29)23-9-13-4-14(10-23)6-15(5-13)11-23/h2-3,7-8,13-15,21H,4-6,9-11H2,1H3,(H,26,29)/b18-8-. The summed E-state index contributed by atoms with van der Waals surface area (Å²) in [6.45, 7) is -2.97. The molecule has 0 unspecified atom stereocenters. The minimum atomic E-state index is -2.97. The van der Waals surface area contributed by atoms with E-state index < -0.39 is 17.9 Å². The Kier molecular flexibility index (Phi) is 5.84. The molecule has 1 heterocycles. The molecule has 5 fully saturated rings. The fourth-order valence-electron chi connectivity index (χ4n) is 6.29. The van der Waals surface area contributed by atoms with Gasteiger partial charge in [0.05, 0.1) is 17.4 Å². The minimum absolute atomic E-state index is 0.0972. The van der Waals surface area contributed by atoms with Crippen LogP contribution in [-0.2, 0) is 9.59 Å². The smallest absolute Gasteiger partial charge is 0.387 e. The topological polar surface area (TPSA) is 67.9 Å². The summed E-state index contributed by atoms with van der Waals surface area (Å²) in [6.07, 6.45) is 7.93. The van der Waals surface area contributed by atoms with Gasteiger partial charge in [-0.05, 0) is 92.3 Å². The van der Waals surface area contributed by atoms with Gasteiger partial charge in [-0.3, -0.25) is 15.0 Å². The lowest BCUT2D eigenvalue weighted by Gasteiger charge is -2.55. The lowest BCUT2D eigenvalue weighted by Crippen LogP contribution is -2.57. The molecule has 0 aromatic heterocycles. The van der Waals surface area contributed by atoms with Crippen LogP contribution in [0.3, 0.4) is 0 Å². The number of thioether (sulfide) groups is 1. The summed E-state index contributed by atoms with van der Waals surface area (Å²) in [6, 6.07) is 4.39. The summed E-state index contributed by atoms with van der Waals surface area (Å²) in [7, 11) is 1.34. The number of hydrogen-bond acceptors (Lipinski definition) is 6. The van der Waals surface area contributed by atoms with E-state index in [9.17, 15) is 18.4 Å². The van der Waals surface area contributed by atoms with Gasteiger partial charge in [-0.25, -0.2) is 0 Å². The molecule has 1 saturated heterocycles. The molecule has 6 nitrogen and oxygen atoms in total. The molecule has 1 aliphatic heterocycles. The first kappa shape index (κ1) is 22.6. The minimum Gasteiger partial charge on any atom is -0.493 e. The van der Waals surface area contributed by atoms with Crippen molar-refractivity contribution in [3.05, 3.63) is 28.7 Å². The summed E-state index contributed by atoms with van der Waals surface area (Å²) in [4.78, 5) is 26.7. The number of nitrogens with zero attached hydrogens (tertiary/aromatic N) is 1. The molecule has 1 aromatic carbocycles. The van der Waals surface area contributed by atoms with Crippen LogP contribution in [0.2, 0.25) is 0 Å². The van der Waals surface area contributed by atoms with Crippen molar-refractivity contribution in [2.45, 2.75) is 45.1 Å². The van der Waals surface area contributed by atoms with E-state index in [0.717, 1.165) is 36.0 Å². The van der Waals surface area contributed by atoms with Crippen LogP contribution in [0.4, 0.5) is 8.78 Å². The lowest BCUT2D eigenvalue weighted by atomic mass is 9.49. The molecule has 6 rings (SSSR count). The predicted octanol–water partition coefficient (Wildman–Crippen LogP) is 4.75. The van der Waals surface area contributed by atoms with Crippen LogP contribution in [0.25, 0.3) is 6.08 Å². The van der Waals surface area contributed by atoms with E-state index in [1.54, 1.807) is 12.1 Å². The molecule has 10 heteroatoms. The molecule has 5 aliphatic rings. The molecule has 2 amide bonds. The molecule has 4 aliphatic carbocycles. The number of hydrazine groups is 1. The maximum atomic E-state index is 13.3. The van der Waals surface area contributed by atoms with Crippen molar-refractivity contribution in [3.8, 4) is 11.5 Å². The summed E-state index contributed by atoms with van der Waals surface area (Å²) in [5.41, 5.74) is 2.98. The average molecular weight is 495 g/mol. The van der Waals surface area contributed by atoms with Gasteiger partial charge >= 0.3 is 6.61 Å². The van der Waals surface area contributed by atoms with E-state index >= 15 is 0 Å². The van der Waals surface area contributed by atoms with Gasteiger partial charge in [-0.15, -0.1) is 0 Å². The molecule has 0 spiro atoms. The Morgan fingerprint density at radius 3 is 2.42 bits per heavy atom. The van der Waals surface area contributed by atoms with E-state index in [2.05, 4.69) is 10.2 Å². The Labute approximate surface area is 200 Å². The zero-order valence-corrected chi connectivity index (χ0v) is 19.6. The SMILES string of the molecule is COc1cc(/C=C2\SC(=S)N(NC(=O)C34CC5CC(CC(C5)C3)C4)C2=O)ccc1OC(F)F. The zero-order valence-electron chi connectivity index (χ0n) is 18.0. The number of carbonyl (C=O) groups is 2. The molecule has 1 N–H and O–H groups in total. The first-order chi connectivity index (χ1) is 15.8. The number of nitrogens with one attached hydrogen (secondary N) is 1. The van der Waals surface area contributed by atoms with Crippen LogP contribution >= 0.6 is 24.0 Å². The third kappa shape index (κ3) is 4.23. The molecular weight excluding hydrogens is 470 g/mol. The number of benzene rings is 1. The maximum Gasteiger partial charge on any atom is 0.387 e. The van der Waals surface area contributed by atoms with E-state index in [0.29, 0.717) is 28.2 Å². The fourth-order valence-corrected chi connectivity index (χ4v) is 7.47. The molecular formula is C23H24F2N2O4S2. The number of methoxy groups -OCH3 is 1. The van der Waals surface area contributed by atoms with Crippen molar-refractivity contribution in [2.75, 3.05) is 7.11 Å². The Balaban J connectivity index is 1.31. The zero-order chi connectivity index (χ0) is 23.3. The van der Waals surface area contributed by atoms with E-state index in [1.807, 2.05) is 0 Å². The van der Waals surface area contributed by atoms with Crippen LogP contribution in [-0.4, -0.2) is 34.9 Å². The largest absolute Gasteiger partial charge is 0.493 e. The quantitative estimate of drug-likeness (QED) is 0.455. The van der Waals surface area contributed by atoms with Gasteiger partial charge in [-0.2, -0.15) is 13.8 Å². The highest BCUT2D eigenvalue weighted by molar-refractivity contribution is 8.26. The van der Waals surface area contributed by atoms with Crippen molar-refractivity contribution in [1.82, 2.24) is 10.4 Å². The number of rotatable bonds is 6. The van der Waals surface area contributed by atoms with Gasteiger partial charge < -0.3 is 9.47 Å². The molecule has 0 atom stereocenters. The summed E-state index contributed by atoms with van der Waals surface area (Å²) in [5.74, 6) is 1.35. The normalized spacial score (nSPS) is 31.6. The molecule has 1 aromatic rings. The van der Waals surface area contributed by atoms with Gasteiger partial charge in [0.25, 0.3) is 5.91 Å². The van der Waals surface area contributed by atoms with E-state index in [-0.39, 0.29) is 21.7 Å². The highest BCUT2D eigenvalue weighted by atomic mass is 32.2. The van der Waals surface area contributed by atoms with E-state index in [4.69, 9.17) is 17.0 Å².